The Morgan fingerprint density at radius 3 is 2.79 bits per heavy atom. The molecule has 0 bridgehead atoms. The summed E-state index contributed by atoms with van der Waals surface area (Å²) in [4.78, 5) is 33.1. The Bertz CT molecular complexity index is 1020. The van der Waals surface area contributed by atoms with Crippen LogP contribution in [0.4, 0.5) is 5.82 Å². The first-order valence-electron chi connectivity index (χ1n) is 9.99. The van der Waals surface area contributed by atoms with Gasteiger partial charge in [0.25, 0.3) is 5.56 Å². The molecule has 1 aliphatic rings. The van der Waals surface area contributed by atoms with E-state index in [0.717, 1.165) is 49.4 Å². The second-order valence-corrected chi connectivity index (χ2v) is 7.62. The van der Waals surface area contributed by atoms with Crippen LogP contribution in [0.3, 0.4) is 0 Å². The lowest BCUT2D eigenvalue weighted by atomic mass is 9.98. The number of nitrogens with one attached hydrogen (secondary N) is 1. The van der Waals surface area contributed by atoms with Gasteiger partial charge in [-0.05, 0) is 37.6 Å². The summed E-state index contributed by atoms with van der Waals surface area (Å²) in [5.74, 6) is 1.57. The number of rotatable bonds is 5. The molecule has 0 aromatic carbocycles. The highest BCUT2D eigenvalue weighted by Gasteiger charge is 2.27. The van der Waals surface area contributed by atoms with Crippen molar-refractivity contribution < 1.29 is 0 Å². The third-order valence-electron chi connectivity index (χ3n) is 5.33. The van der Waals surface area contributed by atoms with E-state index >= 15 is 0 Å². The normalized spacial score (nSPS) is 17.2. The number of piperidine rings is 1. The van der Waals surface area contributed by atoms with Crippen LogP contribution in [0.1, 0.15) is 36.6 Å². The number of nitrogens with zero attached hydrogens (tertiary/aromatic N) is 5. The molecular weight excluding hydrogens is 364 g/mol. The quantitative estimate of drug-likeness (QED) is 0.722. The van der Waals surface area contributed by atoms with Gasteiger partial charge in [0.15, 0.2) is 0 Å². The third kappa shape index (κ3) is 4.35. The number of pyridine rings is 2. The van der Waals surface area contributed by atoms with Crippen molar-refractivity contribution >= 4 is 5.82 Å². The minimum atomic E-state index is -0.123. The number of H-pyrrole nitrogens is 1. The molecule has 1 fully saturated rings. The lowest BCUT2D eigenvalue weighted by Crippen LogP contribution is -2.34. The van der Waals surface area contributed by atoms with E-state index in [-0.39, 0.29) is 11.6 Å². The minimum absolute atomic E-state index is 0.113. The van der Waals surface area contributed by atoms with Gasteiger partial charge in [0.05, 0.1) is 11.7 Å². The summed E-state index contributed by atoms with van der Waals surface area (Å²) in [6.07, 6.45) is 8.51. The molecule has 7 nitrogen and oxygen atoms in total. The van der Waals surface area contributed by atoms with Gasteiger partial charge in [-0.3, -0.25) is 14.7 Å². The maximum absolute atomic E-state index is 12.4. The zero-order valence-corrected chi connectivity index (χ0v) is 16.9. The van der Waals surface area contributed by atoms with Crippen LogP contribution in [0.25, 0.3) is 11.4 Å². The summed E-state index contributed by atoms with van der Waals surface area (Å²) >= 11 is 0. The van der Waals surface area contributed by atoms with Gasteiger partial charge in [-0.2, -0.15) is 0 Å². The van der Waals surface area contributed by atoms with E-state index in [9.17, 15) is 4.79 Å². The van der Waals surface area contributed by atoms with Crippen molar-refractivity contribution in [1.82, 2.24) is 24.8 Å². The summed E-state index contributed by atoms with van der Waals surface area (Å²) in [5.41, 5.74) is 2.75. The second kappa shape index (κ2) is 8.53. The molecule has 3 aromatic rings. The van der Waals surface area contributed by atoms with Crippen LogP contribution in [0.5, 0.6) is 0 Å². The highest BCUT2D eigenvalue weighted by Crippen LogP contribution is 2.32. The zero-order valence-electron chi connectivity index (χ0n) is 16.9. The van der Waals surface area contributed by atoms with Crippen molar-refractivity contribution in [1.29, 1.82) is 0 Å². The van der Waals surface area contributed by atoms with Crippen LogP contribution >= 0.6 is 0 Å². The van der Waals surface area contributed by atoms with Gasteiger partial charge in [-0.25, -0.2) is 9.97 Å². The molecule has 1 saturated heterocycles. The van der Waals surface area contributed by atoms with Crippen molar-refractivity contribution in [2.24, 2.45) is 0 Å². The Labute approximate surface area is 170 Å². The highest BCUT2D eigenvalue weighted by molar-refractivity contribution is 5.53. The van der Waals surface area contributed by atoms with Gasteiger partial charge in [-0.15, -0.1) is 0 Å². The Morgan fingerprint density at radius 2 is 2.00 bits per heavy atom. The van der Waals surface area contributed by atoms with Crippen molar-refractivity contribution in [3.8, 4) is 11.4 Å². The average Bonchev–Trinajstić information content (AvgIpc) is 2.74. The second-order valence-electron chi connectivity index (χ2n) is 7.62. The molecule has 0 radical (unpaired) electrons. The molecular formula is C22H26N6O. The van der Waals surface area contributed by atoms with E-state index in [1.807, 2.05) is 43.4 Å². The molecule has 0 amide bonds. The molecule has 150 valence electrons. The molecule has 0 saturated carbocycles. The molecule has 4 rings (SSSR count). The zero-order chi connectivity index (χ0) is 20.2. The van der Waals surface area contributed by atoms with Crippen molar-refractivity contribution in [2.75, 3.05) is 25.5 Å². The van der Waals surface area contributed by atoms with Gasteiger partial charge in [0.2, 0.25) is 0 Å². The van der Waals surface area contributed by atoms with Gasteiger partial charge in [-0.1, -0.05) is 12.5 Å². The lowest BCUT2D eigenvalue weighted by Gasteiger charge is -2.36. The molecule has 1 aliphatic heterocycles. The van der Waals surface area contributed by atoms with Crippen molar-refractivity contribution in [3.63, 3.8) is 0 Å². The van der Waals surface area contributed by atoms with E-state index in [1.54, 1.807) is 18.5 Å². The summed E-state index contributed by atoms with van der Waals surface area (Å²) in [5, 5.41) is 0. The van der Waals surface area contributed by atoms with Gasteiger partial charge in [0.1, 0.15) is 11.6 Å². The first-order chi connectivity index (χ1) is 14.1. The van der Waals surface area contributed by atoms with Gasteiger partial charge >= 0.3 is 0 Å². The maximum atomic E-state index is 12.4. The molecule has 7 heteroatoms. The summed E-state index contributed by atoms with van der Waals surface area (Å²) < 4.78 is 0. The average molecular weight is 390 g/mol. The lowest BCUT2D eigenvalue weighted by molar-refractivity contribution is 0.137. The largest absolute Gasteiger partial charge is 0.362 e. The number of aromatic amines is 1. The smallest absolute Gasteiger partial charge is 0.251 e. The first-order valence-corrected chi connectivity index (χ1v) is 9.99. The van der Waals surface area contributed by atoms with Crippen LogP contribution in [-0.4, -0.2) is 45.5 Å². The van der Waals surface area contributed by atoms with E-state index < -0.39 is 0 Å². The molecule has 4 heterocycles. The molecule has 1 N–H and O–H groups in total. The van der Waals surface area contributed by atoms with Crippen LogP contribution in [-0.2, 0) is 6.54 Å². The molecule has 0 spiro atoms. The third-order valence-corrected chi connectivity index (χ3v) is 5.33. The summed E-state index contributed by atoms with van der Waals surface area (Å²) in [6, 6.07) is 9.58. The predicted octanol–water partition coefficient (Wildman–Crippen LogP) is 3.02. The Balaban J connectivity index is 1.67. The number of hydrogen-bond donors (Lipinski definition) is 1. The standard InChI is InChI=1S/C22H26N6O/c1-27(2)22-17(6-5-10-24-22)15-28-13-4-3-7-19(28)18-14-20(29)26-21(25-18)16-8-11-23-12-9-16/h5-6,8-12,14,19H,3-4,7,13,15H2,1-2H3,(H,25,26,29)/t19-/m0/s1. The topological polar surface area (TPSA) is 78.0 Å². The van der Waals surface area contributed by atoms with Gasteiger partial charge in [0, 0.05) is 56.4 Å². The van der Waals surface area contributed by atoms with Crippen molar-refractivity contribution in [3.05, 3.63) is 70.5 Å². The molecule has 3 aromatic heterocycles. The fraction of sp³-hybridized carbons (Fsp3) is 0.364. The van der Waals surface area contributed by atoms with Crippen LogP contribution < -0.4 is 10.5 Å². The fourth-order valence-corrected chi connectivity index (χ4v) is 3.98. The predicted molar refractivity (Wildman–Crippen MR) is 114 cm³/mol. The highest BCUT2D eigenvalue weighted by atomic mass is 16.1. The van der Waals surface area contributed by atoms with E-state index in [4.69, 9.17) is 4.98 Å². The minimum Gasteiger partial charge on any atom is -0.362 e. The van der Waals surface area contributed by atoms with Crippen molar-refractivity contribution in [2.45, 2.75) is 31.8 Å². The number of likely N-dealkylation sites (tertiary alicyclic amines) is 1. The summed E-state index contributed by atoms with van der Waals surface area (Å²) in [6.45, 7) is 1.76. The Morgan fingerprint density at radius 1 is 1.17 bits per heavy atom. The van der Waals surface area contributed by atoms with Crippen LogP contribution in [0, 0.1) is 0 Å². The molecule has 0 aliphatic carbocycles. The van der Waals surface area contributed by atoms with E-state index in [1.165, 1.54) is 5.56 Å². The monoisotopic (exact) mass is 390 g/mol. The first kappa shape index (κ1) is 19.3. The van der Waals surface area contributed by atoms with E-state index in [0.29, 0.717) is 5.82 Å². The SMILES string of the molecule is CN(C)c1ncccc1CN1CCCC[C@H]1c1cc(=O)[nH]c(-c2ccncc2)n1. The number of aromatic nitrogens is 4. The number of hydrogen-bond acceptors (Lipinski definition) is 6. The molecule has 1 atom stereocenters. The fourth-order valence-electron chi connectivity index (χ4n) is 3.98. The number of anilines is 1. The molecule has 0 unspecified atom stereocenters. The Kier molecular flexibility index (Phi) is 5.67. The summed E-state index contributed by atoms with van der Waals surface area (Å²) in [7, 11) is 4.03. The Hall–Kier alpha value is -3.06. The maximum Gasteiger partial charge on any atom is 0.251 e. The van der Waals surface area contributed by atoms with Crippen LogP contribution in [0.2, 0.25) is 0 Å². The molecule has 29 heavy (non-hydrogen) atoms. The van der Waals surface area contributed by atoms with E-state index in [2.05, 4.69) is 25.9 Å². The van der Waals surface area contributed by atoms with Gasteiger partial charge < -0.3 is 9.88 Å². The van der Waals surface area contributed by atoms with Crippen LogP contribution in [0.15, 0.2) is 53.7 Å².